The van der Waals surface area contributed by atoms with Crippen LogP contribution in [0.1, 0.15) is 24.5 Å². The van der Waals surface area contributed by atoms with Crippen LogP contribution in [0.25, 0.3) is 0 Å². The molecule has 0 spiro atoms. The quantitative estimate of drug-likeness (QED) is 0.819. The third-order valence-corrected chi connectivity index (χ3v) is 3.89. The fourth-order valence-corrected chi connectivity index (χ4v) is 2.64. The Morgan fingerprint density at radius 2 is 1.88 bits per heavy atom. The first-order valence-electron chi connectivity index (χ1n) is 8.06. The maximum atomic E-state index is 12.1. The number of nitrogens with one attached hydrogen (secondary N) is 1. The zero-order valence-electron chi connectivity index (χ0n) is 14.2. The molecule has 2 aromatic carbocycles. The highest BCUT2D eigenvalue weighted by molar-refractivity contribution is 5.99. The number of benzene rings is 2. The third-order valence-electron chi connectivity index (χ3n) is 3.89. The number of rotatable bonds is 6. The number of hydrogen-bond donors (Lipinski definition) is 1. The minimum Gasteiger partial charge on any atom is -0.497 e. The molecule has 1 aliphatic rings. The first-order chi connectivity index (χ1) is 12.2. The van der Waals surface area contributed by atoms with Gasteiger partial charge in [-0.25, -0.2) is 15.3 Å². The standard InChI is InChI=1S/C19H20N2O4/c1-3-24-17(22)13-19(15-7-5-4-6-8-15)20-18(21-25-19)14-9-11-16(23-2)12-10-14/h4-12H,3,13H2,1-2H3,(H,20,21). The molecule has 6 nitrogen and oxygen atoms in total. The molecule has 0 saturated heterocycles. The van der Waals surface area contributed by atoms with Crippen LogP contribution in [0.4, 0.5) is 0 Å². The normalized spacial score (nSPS) is 19.0. The van der Waals surface area contributed by atoms with E-state index in [1.807, 2.05) is 54.6 Å². The summed E-state index contributed by atoms with van der Waals surface area (Å²) in [6.07, 6.45) is -0.0164. The monoisotopic (exact) mass is 340 g/mol. The molecule has 3 rings (SSSR count). The topological polar surface area (TPSA) is 69.2 Å². The van der Waals surface area contributed by atoms with Gasteiger partial charge in [0.05, 0.1) is 13.7 Å². The largest absolute Gasteiger partial charge is 0.497 e. The molecule has 1 unspecified atom stereocenters. The molecule has 0 amide bonds. The van der Waals surface area contributed by atoms with Gasteiger partial charge in [-0.1, -0.05) is 30.3 Å². The van der Waals surface area contributed by atoms with Crippen molar-refractivity contribution in [3.8, 4) is 5.75 Å². The minimum atomic E-state index is -1.15. The van der Waals surface area contributed by atoms with Crippen LogP contribution >= 0.6 is 0 Å². The molecule has 25 heavy (non-hydrogen) atoms. The van der Waals surface area contributed by atoms with E-state index in [-0.39, 0.29) is 12.4 Å². The van der Waals surface area contributed by atoms with Gasteiger partial charge in [-0.3, -0.25) is 4.79 Å². The summed E-state index contributed by atoms with van der Waals surface area (Å²) >= 11 is 0. The number of amidine groups is 1. The number of esters is 1. The molecule has 0 bridgehead atoms. The lowest BCUT2D eigenvalue weighted by Gasteiger charge is -2.23. The van der Waals surface area contributed by atoms with Gasteiger partial charge in [0.15, 0.2) is 5.84 Å². The third kappa shape index (κ3) is 3.64. The summed E-state index contributed by atoms with van der Waals surface area (Å²) < 4.78 is 10.3. The molecule has 6 heteroatoms. The van der Waals surface area contributed by atoms with Crippen LogP contribution < -0.4 is 10.2 Å². The Hall–Kier alpha value is -2.86. The van der Waals surface area contributed by atoms with E-state index in [2.05, 4.69) is 10.5 Å². The molecule has 0 aromatic heterocycles. The number of carbonyl (C=O) groups excluding carboxylic acids is 1. The predicted octanol–water partition coefficient (Wildman–Crippen LogP) is 2.78. The first-order valence-corrected chi connectivity index (χ1v) is 8.06. The van der Waals surface area contributed by atoms with Crippen LogP contribution in [0.3, 0.4) is 0 Å². The first kappa shape index (κ1) is 17.0. The van der Waals surface area contributed by atoms with E-state index < -0.39 is 5.72 Å². The van der Waals surface area contributed by atoms with Crippen LogP contribution in [0.2, 0.25) is 0 Å². The van der Waals surface area contributed by atoms with Gasteiger partial charge in [0.1, 0.15) is 12.2 Å². The second-order valence-corrected chi connectivity index (χ2v) is 5.53. The lowest BCUT2D eigenvalue weighted by molar-refractivity contribution is -0.153. The molecular formula is C19H20N2O4. The smallest absolute Gasteiger partial charge is 0.311 e. The van der Waals surface area contributed by atoms with Crippen molar-refractivity contribution in [3.63, 3.8) is 0 Å². The molecule has 1 atom stereocenters. The lowest BCUT2D eigenvalue weighted by Crippen LogP contribution is -2.31. The highest BCUT2D eigenvalue weighted by atomic mass is 16.7. The van der Waals surface area contributed by atoms with Crippen LogP contribution in [0, 0.1) is 0 Å². The van der Waals surface area contributed by atoms with Crippen molar-refractivity contribution in [2.75, 3.05) is 13.7 Å². The van der Waals surface area contributed by atoms with Crippen LogP contribution in [0.5, 0.6) is 5.75 Å². The summed E-state index contributed by atoms with van der Waals surface area (Å²) in [6.45, 7) is 2.08. The minimum absolute atomic E-state index is 0.0164. The zero-order valence-corrected chi connectivity index (χ0v) is 14.2. The van der Waals surface area contributed by atoms with Crippen molar-refractivity contribution in [1.82, 2.24) is 5.48 Å². The van der Waals surface area contributed by atoms with Gasteiger partial charge < -0.3 is 9.47 Å². The summed E-state index contributed by atoms with van der Waals surface area (Å²) in [4.78, 5) is 22.5. The van der Waals surface area contributed by atoms with E-state index in [0.717, 1.165) is 16.9 Å². The molecule has 0 radical (unpaired) electrons. The van der Waals surface area contributed by atoms with Crippen molar-refractivity contribution in [3.05, 3.63) is 65.7 Å². The fraction of sp³-hybridized carbons (Fsp3) is 0.263. The summed E-state index contributed by atoms with van der Waals surface area (Å²) in [5.41, 5.74) is 3.31. The van der Waals surface area contributed by atoms with E-state index in [9.17, 15) is 4.79 Å². The maximum Gasteiger partial charge on any atom is 0.311 e. The van der Waals surface area contributed by atoms with Crippen LogP contribution in [0.15, 0.2) is 59.6 Å². The molecule has 1 aliphatic heterocycles. The highest BCUT2D eigenvalue weighted by Crippen LogP contribution is 2.35. The van der Waals surface area contributed by atoms with E-state index in [1.54, 1.807) is 14.0 Å². The predicted molar refractivity (Wildman–Crippen MR) is 93.1 cm³/mol. The zero-order chi connectivity index (χ0) is 17.7. The number of hydrogen-bond acceptors (Lipinski definition) is 6. The lowest BCUT2D eigenvalue weighted by atomic mass is 10.00. The molecular weight excluding hydrogens is 320 g/mol. The number of aliphatic imine (C=N–C) groups is 1. The van der Waals surface area contributed by atoms with E-state index in [1.165, 1.54) is 0 Å². The average molecular weight is 340 g/mol. The van der Waals surface area contributed by atoms with Gasteiger partial charge in [0.2, 0.25) is 5.72 Å². The van der Waals surface area contributed by atoms with Crippen molar-refractivity contribution < 1.29 is 19.1 Å². The van der Waals surface area contributed by atoms with Gasteiger partial charge in [0, 0.05) is 11.1 Å². The Labute approximate surface area is 146 Å². The SMILES string of the molecule is CCOC(=O)CC1(c2ccccc2)N=C(c2ccc(OC)cc2)NO1. The summed E-state index contributed by atoms with van der Waals surface area (Å²) in [6, 6.07) is 16.8. The molecule has 130 valence electrons. The number of hydroxylamine groups is 1. The van der Waals surface area contributed by atoms with Crippen molar-refractivity contribution in [2.24, 2.45) is 4.99 Å². The Bertz CT molecular complexity index is 759. The Morgan fingerprint density at radius 3 is 2.52 bits per heavy atom. The van der Waals surface area contributed by atoms with Crippen molar-refractivity contribution in [2.45, 2.75) is 19.1 Å². The molecule has 1 N–H and O–H groups in total. The number of ether oxygens (including phenoxy) is 2. The molecule has 2 aromatic rings. The average Bonchev–Trinajstić information content (AvgIpc) is 3.08. The Morgan fingerprint density at radius 1 is 1.16 bits per heavy atom. The van der Waals surface area contributed by atoms with Gasteiger partial charge in [0.25, 0.3) is 0 Å². The molecule has 0 aliphatic carbocycles. The van der Waals surface area contributed by atoms with Gasteiger partial charge in [-0.15, -0.1) is 0 Å². The van der Waals surface area contributed by atoms with Gasteiger partial charge >= 0.3 is 5.97 Å². The molecule has 0 saturated carbocycles. The van der Waals surface area contributed by atoms with Crippen LogP contribution in [-0.4, -0.2) is 25.5 Å². The second kappa shape index (κ2) is 7.36. The van der Waals surface area contributed by atoms with E-state index in [0.29, 0.717) is 12.4 Å². The second-order valence-electron chi connectivity index (χ2n) is 5.53. The maximum absolute atomic E-state index is 12.1. The van der Waals surface area contributed by atoms with Gasteiger partial charge in [-0.05, 0) is 31.2 Å². The molecule has 1 heterocycles. The Balaban J connectivity index is 1.95. The van der Waals surface area contributed by atoms with Gasteiger partial charge in [-0.2, -0.15) is 0 Å². The Kier molecular flexibility index (Phi) is 5.00. The molecule has 0 fully saturated rings. The summed E-state index contributed by atoms with van der Waals surface area (Å²) in [5.74, 6) is 0.938. The summed E-state index contributed by atoms with van der Waals surface area (Å²) in [5, 5.41) is 0. The van der Waals surface area contributed by atoms with E-state index >= 15 is 0 Å². The van der Waals surface area contributed by atoms with Crippen LogP contribution in [-0.2, 0) is 20.1 Å². The fourth-order valence-electron chi connectivity index (χ4n) is 2.64. The van der Waals surface area contributed by atoms with Crippen molar-refractivity contribution in [1.29, 1.82) is 0 Å². The number of nitrogens with zero attached hydrogens (tertiary/aromatic N) is 1. The summed E-state index contributed by atoms with van der Waals surface area (Å²) in [7, 11) is 1.61. The van der Waals surface area contributed by atoms with E-state index in [4.69, 9.17) is 14.3 Å². The highest BCUT2D eigenvalue weighted by Gasteiger charge is 2.41. The number of methoxy groups -OCH3 is 1. The number of carbonyl (C=O) groups is 1. The van der Waals surface area contributed by atoms with Crippen molar-refractivity contribution >= 4 is 11.8 Å².